The highest BCUT2D eigenvalue weighted by molar-refractivity contribution is 14.1. The maximum Gasteiger partial charge on any atom is 0.234 e. The SMILES string of the molecule is CCC/C(=C\c1cc(I)c(O)c(OC)c1)CC[C@@H](O)C1=C(COc2ccccc2)C[C@H]2C(=O)N(C3CCN(Cc4ccccc4)CC3)C(=O)[C@H]2[C@H]1CO. The number of halogens is 1. The molecule has 3 N–H and O–H groups in total. The fourth-order valence-corrected chi connectivity index (χ4v) is 9.10. The molecule has 2 amide bonds. The maximum absolute atomic E-state index is 14.3. The molecule has 0 spiro atoms. The third kappa shape index (κ3) is 8.99. The van der Waals surface area contributed by atoms with E-state index < -0.39 is 23.9 Å². The molecule has 0 aromatic heterocycles. The molecule has 1 aliphatic carbocycles. The number of aliphatic hydroxyl groups excluding tert-OH is 2. The van der Waals surface area contributed by atoms with Gasteiger partial charge in [0.2, 0.25) is 11.8 Å². The van der Waals surface area contributed by atoms with Crippen molar-refractivity contribution in [1.29, 1.82) is 0 Å². The number of methoxy groups -OCH3 is 1. The van der Waals surface area contributed by atoms with E-state index in [0.29, 0.717) is 52.7 Å². The predicted molar refractivity (Wildman–Crippen MR) is 213 cm³/mol. The van der Waals surface area contributed by atoms with Crippen molar-refractivity contribution in [1.82, 2.24) is 9.80 Å². The van der Waals surface area contributed by atoms with Crippen LogP contribution in [0.4, 0.5) is 0 Å². The summed E-state index contributed by atoms with van der Waals surface area (Å²) in [5.74, 6) is -1.24. The number of amides is 2. The van der Waals surface area contributed by atoms with Crippen molar-refractivity contribution in [3.63, 3.8) is 0 Å². The summed E-state index contributed by atoms with van der Waals surface area (Å²) in [6.45, 7) is 4.32. The first-order valence-electron chi connectivity index (χ1n) is 18.8. The lowest BCUT2D eigenvalue weighted by atomic mass is 9.68. The molecule has 3 aromatic carbocycles. The molecule has 4 atom stereocenters. The fourth-order valence-electron chi connectivity index (χ4n) is 8.48. The average molecular weight is 835 g/mol. The number of phenolic OH excluding ortho intramolecular Hbond substituents is 1. The largest absolute Gasteiger partial charge is 0.504 e. The normalized spacial score (nSPS) is 21.9. The number of aromatic hydroxyl groups is 1. The summed E-state index contributed by atoms with van der Waals surface area (Å²) in [6.07, 6.45) is 5.53. The quantitative estimate of drug-likeness (QED) is 0.0853. The van der Waals surface area contributed by atoms with Crippen LogP contribution in [0.5, 0.6) is 17.2 Å². The van der Waals surface area contributed by atoms with Crippen LogP contribution in [0.2, 0.25) is 0 Å². The highest BCUT2D eigenvalue weighted by Gasteiger charge is 2.56. The van der Waals surface area contributed by atoms with E-state index in [0.717, 1.165) is 49.2 Å². The minimum absolute atomic E-state index is 0.104. The molecule has 53 heavy (non-hydrogen) atoms. The fraction of sp³-hybridized carbons (Fsp3) is 0.442. The van der Waals surface area contributed by atoms with Gasteiger partial charge in [0.05, 0.1) is 35.2 Å². The highest BCUT2D eigenvalue weighted by atomic mass is 127. The Labute approximate surface area is 326 Å². The number of rotatable bonds is 15. The van der Waals surface area contributed by atoms with Gasteiger partial charge >= 0.3 is 0 Å². The van der Waals surface area contributed by atoms with Crippen LogP contribution in [0.1, 0.15) is 63.0 Å². The summed E-state index contributed by atoms with van der Waals surface area (Å²) in [6, 6.07) is 23.3. The number of hydrogen-bond donors (Lipinski definition) is 3. The number of benzene rings is 3. The van der Waals surface area contributed by atoms with Crippen molar-refractivity contribution in [2.45, 2.75) is 70.6 Å². The van der Waals surface area contributed by atoms with Crippen molar-refractivity contribution >= 4 is 40.5 Å². The van der Waals surface area contributed by atoms with Crippen molar-refractivity contribution in [3.8, 4) is 17.2 Å². The molecule has 0 bridgehead atoms. The van der Waals surface area contributed by atoms with Gasteiger partial charge < -0.3 is 24.8 Å². The van der Waals surface area contributed by atoms with Crippen molar-refractivity contribution < 1.29 is 34.4 Å². The molecule has 9 nitrogen and oxygen atoms in total. The zero-order valence-electron chi connectivity index (χ0n) is 30.6. The van der Waals surface area contributed by atoms with Crippen molar-refractivity contribution in [2.24, 2.45) is 17.8 Å². The molecule has 2 saturated heterocycles. The minimum Gasteiger partial charge on any atom is -0.504 e. The Kier molecular flexibility index (Phi) is 13.3. The molecule has 0 radical (unpaired) electrons. The molecule has 10 heteroatoms. The van der Waals surface area contributed by atoms with Crippen molar-refractivity contribution in [2.75, 3.05) is 33.4 Å². The zero-order valence-corrected chi connectivity index (χ0v) is 32.8. The van der Waals surface area contributed by atoms with Gasteiger partial charge in [-0.2, -0.15) is 0 Å². The second-order valence-electron chi connectivity index (χ2n) is 14.5. The Morgan fingerprint density at radius 3 is 2.36 bits per heavy atom. The van der Waals surface area contributed by atoms with E-state index in [1.165, 1.54) is 17.6 Å². The van der Waals surface area contributed by atoms with Crippen LogP contribution in [0.25, 0.3) is 6.08 Å². The van der Waals surface area contributed by atoms with Crippen LogP contribution in [0, 0.1) is 21.3 Å². The monoisotopic (exact) mass is 834 g/mol. The summed E-state index contributed by atoms with van der Waals surface area (Å²) >= 11 is 2.09. The number of allylic oxidation sites excluding steroid dienone is 1. The van der Waals surface area contributed by atoms with Crippen LogP contribution in [0.15, 0.2) is 89.5 Å². The standard InChI is InChI=1S/C43H51IN2O7/c1-3-10-28(21-30-22-36(44)41(49)38(23-30)52-2)15-16-37(48)39-31(27-53-33-13-8-5-9-14-33)24-34-40(35(39)26-47)43(51)46(42(34)50)32-17-19-45(20-18-32)25-29-11-6-4-7-12-29/h4-9,11-14,21-23,32,34-35,37,40,47-49H,3,10,15-20,24-27H2,1-2H3/b28-21+/t34-,35+,37-,40-/m1/s1. The van der Waals surface area contributed by atoms with Gasteiger partial charge in [-0.05, 0) is 108 Å². The maximum atomic E-state index is 14.3. The summed E-state index contributed by atoms with van der Waals surface area (Å²) in [5, 5.41) is 33.3. The summed E-state index contributed by atoms with van der Waals surface area (Å²) in [5.41, 5.74) is 4.67. The number of carbonyl (C=O) groups excluding carboxylic acids is 2. The second kappa shape index (κ2) is 18.1. The molecule has 0 saturated carbocycles. The van der Waals surface area contributed by atoms with Gasteiger partial charge in [0, 0.05) is 31.6 Å². The molecule has 0 unspecified atom stereocenters. The molecular weight excluding hydrogens is 783 g/mol. The number of para-hydroxylation sites is 1. The molecule has 2 fully saturated rings. The van der Waals surface area contributed by atoms with Crippen molar-refractivity contribution in [3.05, 3.63) is 104 Å². The van der Waals surface area contributed by atoms with Crippen LogP contribution in [0.3, 0.4) is 0 Å². The Morgan fingerprint density at radius 1 is 1.00 bits per heavy atom. The van der Waals surface area contributed by atoms with E-state index in [4.69, 9.17) is 9.47 Å². The number of ether oxygens (including phenoxy) is 2. The smallest absolute Gasteiger partial charge is 0.234 e. The van der Waals surface area contributed by atoms with Gasteiger partial charge in [-0.1, -0.05) is 73.5 Å². The van der Waals surface area contributed by atoms with Gasteiger partial charge in [-0.25, -0.2) is 0 Å². The number of hydrogen-bond acceptors (Lipinski definition) is 8. The Morgan fingerprint density at radius 2 is 1.70 bits per heavy atom. The van der Waals surface area contributed by atoms with Gasteiger partial charge in [0.1, 0.15) is 12.4 Å². The summed E-state index contributed by atoms with van der Waals surface area (Å²) < 4.78 is 12.3. The predicted octanol–water partition coefficient (Wildman–Crippen LogP) is 6.98. The molecule has 3 aliphatic rings. The number of piperidine rings is 1. The zero-order chi connectivity index (χ0) is 37.5. The molecule has 282 valence electrons. The van der Waals surface area contributed by atoms with Gasteiger partial charge in [0.15, 0.2) is 11.5 Å². The molecule has 2 heterocycles. The first kappa shape index (κ1) is 39.0. The van der Waals surface area contributed by atoms with E-state index in [-0.39, 0.29) is 36.8 Å². The molecular formula is C43H51IN2O7. The Balaban J connectivity index is 1.22. The van der Waals surface area contributed by atoms with Crippen LogP contribution in [-0.4, -0.2) is 82.5 Å². The highest BCUT2D eigenvalue weighted by Crippen LogP contribution is 2.47. The summed E-state index contributed by atoms with van der Waals surface area (Å²) in [7, 11) is 1.53. The third-order valence-electron chi connectivity index (χ3n) is 11.1. The number of fused-ring (bicyclic) bond motifs is 1. The van der Waals surface area contributed by atoms with Gasteiger partial charge in [-0.3, -0.25) is 19.4 Å². The summed E-state index contributed by atoms with van der Waals surface area (Å²) in [4.78, 5) is 32.4. The topological polar surface area (TPSA) is 120 Å². The molecule has 2 aliphatic heterocycles. The van der Waals surface area contributed by atoms with Crippen LogP contribution < -0.4 is 9.47 Å². The van der Waals surface area contributed by atoms with E-state index in [1.54, 1.807) is 6.07 Å². The number of nitrogens with zero attached hydrogens (tertiary/aromatic N) is 2. The van der Waals surface area contributed by atoms with Gasteiger partial charge in [-0.15, -0.1) is 0 Å². The molecule has 3 aromatic rings. The van der Waals surface area contributed by atoms with Crippen LogP contribution in [-0.2, 0) is 16.1 Å². The third-order valence-corrected chi connectivity index (χ3v) is 11.9. The van der Waals surface area contributed by atoms with Gasteiger partial charge in [0.25, 0.3) is 0 Å². The number of aliphatic hydroxyl groups is 2. The number of carbonyl (C=O) groups is 2. The molecule has 6 rings (SSSR count). The number of likely N-dealkylation sites (tertiary alicyclic amines) is 2. The first-order chi connectivity index (χ1) is 25.7. The Bertz CT molecular complexity index is 1790. The van der Waals surface area contributed by atoms with E-state index in [9.17, 15) is 24.9 Å². The first-order valence-corrected chi connectivity index (χ1v) is 19.9. The lowest BCUT2D eigenvalue weighted by molar-refractivity contribution is -0.144. The lowest BCUT2D eigenvalue weighted by Gasteiger charge is -2.37. The lowest BCUT2D eigenvalue weighted by Crippen LogP contribution is -2.47. The van der Waals surface area contributed by atoms with E-state index >= 15 is 0 Å². The van der Waals surface area contributed by atoms with E-state index in [1.807, 2.05) is 54.6 Å². The van der Waals surface area contributed by atoms with E-state index in [2.05, 4.69) is 52.6 Å². The second-order valence-corrected chi connectivity index (χ2v) is 15.6. The number of imide groups is 1. The average Bonchev–Trinajstić information content (AvgIpc) is 3.42. The number of phenols is 1. The minimum atomic E-state index is -0.949. The Hall–Kier alpha value is -3.71. The van der Waals surface area contributed by atoms with Crippen LogP contribution >= 0.6 is 22.6 Å².